The number of benzene rings is 2. The van der Waals surface area contributed by atoms with E-state index in [2.05, 4.69) is 10.6 Å². The third-order valence-corrected chi connectivity index (χ3v) is 5.41. The number of rotatable bonds is 7. The molecule has 0 fully saturated rings. The average Bonchev–Trinajstić information content (AvgIpc) is 3.09. The largest absolute Gasteiger partial charge is 0.538 e. The highest BCUT2D eigenvalue weighted by atomic mass is 35.5. The number of hydrogen-bond acceptors (Lipinski definition) is 7. The molecule has 10 heteroatoms. The first-order valence-corrected chi connectivity index (χ1v) is 9.79. The fourth-order valence-corrected chi connectivity index (χ4v) is 3.41. The van der Waals surface area contributed by atoms with Crippen LogP contribution in [0.25, 0.3) is 5.69 Å². The maximum absolute atomic E-state index is 12.4. The number of nitrogens with zero attached hydrogens (tertiary/aromatic N) is 2. The van der Waals surface area contributed by atoms with Gasteiger partial charge in [0.25, 0.3) is 5.03 Å². The average molecular weight is 436 g/mol. The quantitative estimate of drug-likeness (QED) is 0.449. The summed E-state index contributed by atoms with van der Waals surface area (Å²) < 4.78 is 16.5. The third-order valence-electron chi connectivity index (χ3n) is 3.98. The van der Waals surface area contributed by atoms with Gasteiger partial charge < -0.3 is 24.4 Å². The summed E-state index contributed by atoms with van der Waals surface area (Å²) in [6.45, 7) is 1.82. The van der Waals surface area contributed by atoms with Crippen LogP contribution in [0, 0.1) is 6.92 Å². The number of methoxy groups -OCH3 is 2. The molecule has 29 heavy (non-hydrogen) atoms. The van der Waals surface area contributed by atoms with E-state index in [1.807, 2.05) is 6.92 Å². The monoisotopic (exact) mass is 435 g/mol. The molecule has 0 bridgehead atoms. The van der Waals surface area contributed by atoms with E-state index >= 15 is 0 Å². The molecule has 0 aliphatic rings. The first kappa shape index (κ1) is 20.8. The zero-order chi connectivity index (χ0) is 21.0. The van der Waals surface area contributed by atoms with Crippen LogP contribution in [0.3, 0.4) is 0 Å². The van der Waals surface area contributed by atoms with Crippen LogP contribution in [-0.2, 0) is 4.79 Å². The molecule has 3 aromatic rings. The minimum atomic E-state index is -0.626. The van der Waals surface area contributed by atoms with E-state index in [0.717, 1.165) is 17.3 Å². The van der Waals surface area contributed by atoms with Crippen LogP contribution in [0.1, 0.15) is 5.56 Å². The maximum atomic E-state index is 12.4. The van der Waals surface area contributed by atoms with Gasteiger partial charge in [0.15, 0.2) is 5.95 Å². The van der Waals surface area contributed by atoms with Crippen molar-refractivity contribution < 1.29 is 28.6 Å². The molecule has 0 unspecified atom stereocenters. The molecule has 3 rings (SSSR count). The molecule has 0 aliphatic carbocycles. The van der Waals surface area contributed by atoms with Crippen molar-refractivity contribution in [2.24, 2.45) is 0 Å². The van der Waals surface area contributed by atoms with Crippen molar-refractivity contribution in [3.63, 3.8) is 0 Å². The number of halogens is 1. The lowest BCUT2D eigenvalue weighted by atomic mass is 10.2. The summed E-state index contributed by atoms with van der Waals surface area (Å²) in [7, 11) is 3.05. The number of aromatic nitrogens is 2. The van der Waals surface area contributed by atoms with Gasteiger partial charge in [-0.3, -0.25) is 4.79 Å². The van der Waals surface area contributed by atoms with Gasteiger partial charge in [-0.2, -0.15) is 0 Å². The summed E-state index contributed by atoms with van der Waals surface area (Å²) in [5.74, 6) is 0.135. The molecule has 0 aliphatic heterocycles. The number of aryl methyl sites for hydroxylation is 1. The van der Waals surface area contributed by atoms with Gasteiger partial charge in [-0.15, -0.1) is 0 Å². The Morgan fingerprint density at radius 2 is 2.00 bits per heavy atom. The lowest BCUT2D eigenvalue weighted by molar-refractivity contribution is -0.705. The number of thioether (sulfide) groups is 1. The number of ether oxygens (including phenoxy) is 2. The van der Waals surface area contributed by atoms with Crippen LogP contribution in [0.2, 0.25) is 5.02 Å². The minimum Gasteiger partial charge on any atom is -0.538 e. The Bertz CT molecular complexity index is 1020. The third kappa shape index (κ3) is 4.75. The molecule has 0 saturated carbocycles. The predicted octanol–water partition coefficient (Wildman–Crippen LogP) is 2.73. The molecule has 1 N–H and O–H groups in total. The summed E-state index contributed by atoms with van der Waals surface area (Å²) in [6, 6.07) is 10.3. The Hall–Kier alpha value is -2.91. The van der Waals surface area contributed by atoms with Crippen LogP contribution < -0.4 is 24.6 Å². The van der Waals surface area contributed by atoms with Gasteiger partial charge in [0, 0.05) is 23.2 Å². The van der Waals surface area contributed by atoms with E-state index in [4.69, 9.17) is 25.6 Å². The summed E-state index contributed by atoms with van der Waals surface area (Å²) in [5, 5.41) is 19.3. The molecule has 0 spiro atoms. The number of amides is 1. The Balaban J connectivity index is 1.73. The molecule has 2 aromatic carbocycles. The Morgan fingerprint density at radius 1 is 1.28 bits per heavy atom. The normalized spacial score (nSPS) is 10.6. The first-order chi connectivity index (χ1) is 13.9. The van der Waals surface area contributed by atoms with E-state index < -0.39 is 5.95 Å². The first-order valence-electron chi connectivity index (χ1n) is 8.43. The van der Waals surface area contributed by atoms with Gasteiger partial charge in [0.05, 0.1) is 30.9 Å². The SMILES string of the molecule is COc1ccc(-[n+]2noc([O-])c2SCC(=O)Nc2cc(C)c(Cl)cc2OC)cc1. The van der Waals surface area contributed by atoms with E-state index in [0.29, 0.717) is 27.9 Å². The summed E-state index contributed by atoms with van der Waals surface area (Å²) in [4.78, 5) is 12.4. The highest BCUT2D eigenvalue weighted by molar-refractivity contribution is 7.99. The van der Waals surface area contributed by atoms with Gasteiger partial charge in [-0.05, 0) is 47.1 Å². The van der Waals surface area contributed by atoms with Gasteiger partial charge in [0.2, 0.25) is 11.6 Å². The standard InChI is InChI=1S/C19H18ClN3O5S/c1-11-8-15(16(27-3)9-14(11)20)21-17(24)10-29-18-19(25)28-22-23(18)12-4-6-13(26-2)7-5-12/h4-9H,10H2,1-3H3,(H-,21,22,24,25). The molecule has 0 saturated heterocycles. The lowest BCUT2D eigenvalue weighted by Crippen LogP contribution is -2.35. The molecule has 1 aromatic heterocycles. The highest BCUT2D eigenvalue weighted by Crippen LogP contribution is 2.31. The summed E-state index contributed by atoms with van der Waals surface area (Å²) in [5.41, 5.74) is 1.90. The lowest BCUT2D eigenvalue weighted by Gasteiger charge is -2.11. The highest BCUT2D eigenvalue weighted by Gasteiger charge is 2.22. The smallest absolute Gasteiger partial charge is 0.298 e. The van der Waals surface area contributed by atoms with Crippen molar-refractivity contribution in [2.75, 3.05) is 25.3 Å². The summed E-state index contributed by atoms with van der Waals surface area (Å²) >= 11 is 7.10. The second-order valence-corrected chi connectivity index (χ2v) is 7.29. The van der Waals surface area contributed by atoms with E-state index in [1.54, 1.807) is 43.5 Å². The van der Waals surface area contributed by atoms with Crippen molar-refractivity contribution in [1.82, 2.24) is 5.27 Å². The van der Waals surface area contributed by atoms with Crippen molar-refractivity contribution in [3.05, 3.63) is 47.0 Å². The fraction of sp³-hybridized carbons (Fsp3) is 0.211. The Morgan fingerprint density at radius 3 is 2.66 bits per heavy atom. The zero-order valence-corrected chi connectivity index (χ0v) is 17.5. The second kappa shape index (κ2) is 9.06. The Labute approximate surface area is 176 Å². The van der Waals surface area contributed by atoms with Crippen LogP contribution in [0.4, 0.5) is 5.69 Å². The molecule has 1 heterocycles. The van der Waals surface area contributed by atoms with Crippen LogP contribution >= 0.6 is 23.4 Å². The van der Waals surface area contributed by atoms with Crippen molar-refractivity contribution in [3.8, 4) is 23.1 Å². The van der Waals surface area contributed by atoms with Crippen LogP contribution in [0.15, 0.2) is 45.9 Å². The van der Waals surface area contributed by atoms with Crippen molar-refractivity contribution in [2.45, 2.75) is 11.9 Å². The number of carbonyl (C=O) groups excluding carboxylic acids is 1. The van der Waals surface area contributed by atoms with E-state index in [1.165, 1.54) is 11.8 Å². The summed E-state index contributed by atoms with van der Waals surface area (Å²) in [6.07, 6.45) is 0. The van der Waals surface area contributed by atoms with Crippen molar-refractivity contribution >= 4 is 35.0 Å². The van der Waals surface area contributed by atoms with Gasteiger partial charge in [-0.25, -0.2) is 0 Å². The molecule has 152 valence electrons. The van der Waals surface area contributed by atoms with Gasteiger partial charge >= 0.3 is 0 Å². The number of carbonyl (C=O) groups is 1. The molecule has 1 amide bonds. The molecule has 0 atom stereocenters. The van der Waals surface area contributed by atoms with Crippen molar-refractivity contribution in [1.29, 1.82) is 0 Å². The van der Waals surface area contributed by atoms with E-state index in [9.17, 15) is 9.90 Å². The topological polar surface area (TPSA) is 101 Å². The Kier molecular flexibility index (Phi) is 6.50. The molecule has 0 radical (unpaired) electrons. The molecule has 8 nitrogen and oxygen atoms in total. The fourth-order valence-electron chi connectivity index (χ4n) is 2.50. The predicted molar refractivity (Wildman–Crippen MR) is 106 cm³/mol. The minimum absolute atomic E-state index is 0.0303. The second-order valence-electron chi connectivity index (χ2n) is 5.91. The van der Waals surface area contributed by atoms with Crippen LogP contribution in [-0.4, -0.2) is 31.2 Å². The van der Waals surface area contributed by atoms with Crippen LogP contribution in [0.5, 0.6) is 17.4 Å². The molecular formula is C19H18ClN3O5S. The number of nitrogens with one attached hydrogen (secondary N) is 1. The maximum Gasteiger partial charge on any atom is 0.298 e. The van der Waals surface area contributed by atoms with Gasteiger partial charge in [-0.1, -0.05) is 11.6 Å². The molecular weight excluding hydrogens is 418 g/mol. The number of anilines is 1. The van der Waals surface area contributed by atoms with Gasteiger partial charge in [0.1, 0.15) is 11.5 Å². The van der Waals surface area contributed by atoms with E-state index in [-0.39, 0.29) is 16.7 Å². The zero-order valence-electron chi connectivity index (χ0n) is 15.9. The number of hydrogen-bond donors (Lipinski definition) is 1.